The van der Waals surface area contributed by atoms with Crippen molar-refractivity contribution in [1.82, 2.24) is 19.6 Å². The molecule has 0 bridgehead atoms. The van der Waals surface area contributed by atoms with Gasteiger partial charge >= 0.3 is 5.63 Å². The molecule has 1 aliphatic heterocycles. The van der Waals surface area contributed by atoms with Gasteiger partial charge in [0.15, 0.2) is 17.2 Å². The lowest BCUT2D eigenvalue weighted by molar-refractivity contribution is 0.423. The molecule has 0 amide bonds. The largest absolute Gasteiger partial charge is 0.437 e. The summed E-state index contributed by atoms with van der Waals surface area (Å²) >= 11 is 5.21. The maximum absolute atomic E-state index is 13.4. The van der Waals surface area contributed by atoms with Crippen molar-refractivity contribution in [1.29, 1.82) is 0 Å². The third-order valence-corrected chi connectivity index (χ3v) is 7.88. The number of benzene rings is 2. The Morgan fingerprint density at radius 1 is 1.03 bits per heavy atom. The molecule has 6 aromatic rings. The Labute approximate surface area is 210 Å². The fourth-order valence-electron chi connectivity index (χ4n) is 4.58. The van der Waals surface area contributed by atoms with Crippen molar-refractivity contribution in [3.05, 3.63) is 103 Å². The number of para-hydroxylation sites is 1. The van der Waals surface area contributed by atoms with Crippen LogP contribution in [-0.2, 0) is 0 Å². The number of thiophene rings is 1. The highest BCUT2D eigenvalue weighted by Gasteiger charge is 2.38. The van der Waals surface area contributed by atoms with E-state index < -0.39 is 11.5 Å². The number of aromatic nitrogens is 4. The van der Waals surface area contributed by atoms with Crippen LogP contribution in [0.15, 0.2) is 80.7 Å². The molecule has 0 N–H and O–H groups in total. The second kappa shape index (κ2) is 7.59. The van der Waals surface area contributed by atoms with Crippen molar-refractivity contribution in [2.24, 2.45) is 0 Å². The highest BCUT2D eigenvalue weighted by atomic mass is 79.9. The molecule has 0 saturated carbocycles. The van der Waals surface area contributed by atoms with Crippen molar-refractivity contribution in [3.8, 4) is 23.0 Å². The fourth-order valence-corrected chi connectivity index (χ4v) is 6.04. The Morgan fingerprint density at radius 3 is 2.69 bits per heavy atom. The second-order valence-electron chi connectivity index (χ2n) is 8.26. The Morgan fingerprint density at radius 2 is 1.86 bits per heavy atom. The summed E-state index contributed by atoms with van der Waals surface area (Å²) in [5.41, 5.74) is 2.60. The average Bonchev–Trinajstić information content (AvgIpc) is 3.49. The average molecular weight is 543 g/mol. The van der Waals surface area contributed by atoms with Gasteiger partial charge in [-0.1, -0.05) is 40.2 Å². The first-order valence-electron chi connectivity index (χ1n) is 10.9. The molecule has 4 aromatic heterocycles. The van der Waals surface area contributed by atoms with Gasteiger partial charge in [-0.3, -0.25) is 0 Å². The van der Waals surface area contributed by atoms with Gasteiger partial charge in [-0.2, -0.15) is 0 Å². The molecule has 7 nitrogen and oxygen atoms in total. The molecule has 0 saturated heterocycles. The van der Waals surface area contributed by atoms with E-state index in [-0.39, 0.29) is 0 Å². The molecule has 1 unspecified atom stereocenters. The first kappa shape index (κ1) is 20.5. The zero-order valence-corrected chi connectivity index (χ0v) is 20.6. The van der Waals surface area contributed by atoms with Crippen LogP contribution in [0.3, 0.4) is 0 Å². The Balaban J connectivity index is 1.56. The highest BCUT2D eigenvalue weighted by Crippen LogP contribution is 2.50. The number of rotatable bonds is 2. The van der Waals surface area contributed by atoms with Crippen LogP contribution < -0.4 is 10.4 Å². The lowest BCUT2D eigenvalue weighted by Gasteiger charge is -2.26. The number of aryl methyl sites for hydroxylation is 1. The number of fused-ring (bicyclic) bond motifs is 6. The van der Waals surface area contributed by atoms with Crippen LogP contribution in [0.4, 0.5) is 0 Å². The quantitative estimate of drug-likeness (QED) is 0.238. The van der Waals surface area contributed by atoms with Gasteiger partial charge < -0.3 is 9.15 Å². The zero-order valence-electron chi connectivity index (χ0n) is 18.2. The van der Waals surface area contributed by atoms with Gasteiger partial charge in [0, 0.05) is 19.8 Å². The van der Waals surface area contributed by atoms with Crippen molar-refractivity contribution in [3.63, 3.8) is 0 Å². The lowest BCUT2D eigenvalue weighted by Crippen LogP contribution is -2.21. The normalized spacial score (nSPS) is 14.6. The maximum Gasteiger partial charge on any atom is 0.344 e. The summed E-state index contributed by atoms with van der Waals surface area (Å²) in [4.78, 5) is 25.0. The maximum atomic E-state index is 13.4. The third-order valence-electron chi connectivity index (χ3n) is 6.12. The standard InChI is InChI=1S/C26H15BrN4O3S/c1-13-10-11-18(35-13)19-20-22(15-7-3-5-9-17(15)33-26(20)32)34-25-21(19)24-29-23(30-31(24)12-28-25)14-6-2-4-8-16(14)27/h2-12,19H,1H3. The van der Waals surface area contributed by atoms with E-state index in [9.17, 15) is 4.79 Å². The van der Waals surface area contributed by atoms with Gasteiger partial charge in [-0.15, -0.1) is 16.4 Å². The summed E-state index contributed by atoms with van der Waals surface area (Å²) in [5.74, 6) is 0.969. The minimum atomic E-state index is -0.458. The van der Waals surface area contributed by atoms with Crippen LogP contribution in [0.5, 0.6) is 11.6 Å². The van der Waals surface area contributed by atoms with Crippen molar-refractivity contribution >= 4 is 43.9 Å². The molecule has 7 rings (SSSR count). The van der Waals surface area contributed by atoms with Crippen LogP contribution in [-0.4, -0.2) is 19.6 Å². The number of ether oxygens (including phenoxy) is 1. The lowest BCUT2D eigenvalue weighted by atomic mass is 9.88. The molecule has 0 radical (unpaired) electrons. The van der Waals surface area contributed by atoms with E-state index >= 15 is 0 Å². The molecule has 0 fully saturated rings. The van der Waals surface area contributed by atoms with E-state index in [1.54, 1.807) is 28.2 Å². The van der Waals surface area contributed by atoms with Crippen molar-refractivity contribution in [2.45, 2.75) is 12.8 Å². The first-order chi connectivity index (χ1) is 17.1. The van der Waals surface area contributed by atoms with E-state index in [0.29, 0.717) is 39.8 Å². The molecule has 0 aliphatic carbocycles. The predicted octanol–water partition coefficient (Wildman–Crippen LogP) is 6.32. The summed E-state index contributed by atoms with van der Waals surface area (Å²) < 4.78 is 14.6. The number of nitrogens with zero attached hydrogens (tertiary/aromatic N) is 4. The minimum absolute atomic E-state index is 0.405. The molecule has 170 valence electrons. The molecule has 1 atom stereocenters. The van der Waals surface area contributed by atoms with E-state index in [0.717, 1.165) is 25.2 Å². The molecule has 5 heterocycles. The Hall–Kier alpha value is -3.82. The van der Waals surface area contributed by atoms with Gasteiger partial charge in [0.25, 0.3) is 0 Å². The van der Waals surface area contributed by atoms with Crippen LogP contribution in [0, 0.1) is 6.92 Å². The van der Waals surface area contributed by atoms with Crippen LogP contribution >= 0.6 is 27.3 Å². The summed E-state index contributed by atoms with van der Waals surface area (Å²) in [6, 6.07) is 19.2. The molecule has 0 spiro atoms. The topological polar surface area (TPSA) is 82.5 Å². The van der Waals surface area contributed by atoms with E-state index in [1.807, 2.05) is 61.5 Å². The molecule has 1 aliphatic rings. The Kier molecular flexibility index (Phi) is 4.46. The Bertz CT molecular complexity index is 1860. The summed E-state index contributed by atoms with van der Waals surface area (Å²) in [6.07, 6.45) is 1.59. The predicted molar refractivity (Wildman–Crippen MR) is 136 cm³/mol. The fraction of sp³-hybridized carbons (Fsp3) is 0.0769. The van der Waals surface area contributed by atoms with Crippen LogP contribution in [0.1, 0.15) is 26.8 Å². The summed E-state index contributed by atoms with van der Waals surface area (Å²) in [5, 5.41) is 5.40. The van der Waals surface area contributed by atoms with Crippen LogP contribution in [0.25, 0.3) is 28.0 Å². The second-order valence-corrected chi connectivity index (χ2v) is 10.4. The molecule has 9 heteroatoms. The molecule has 35 heavy (non-hydrogen) atoms. The highest BCUT2D eigenvalue weighted by molar-refractivity contribution is 9.10. The number of hydrogen-bond donors (Lipinski definition) is 0. The third kappa shape index (κ3) is 3.08. The minimum Gasteiger partial charge on any atom is -0.437 e. The number of hydrogen-bond acceptors (Lipinski definition) is 7. The van der Waals surface area contributed by atoms with Gasteiger partial charge in [0.2, 0.25) is 5.88 Å². The summed E-state index contributed by atoms with van der Waals surface area (Å²) in [6.45, 7) is 2.04. The summed E-state index contributed by atoms with van der Waals surface area (Å²) in [7, 11) is 0. The smallest absolute Gasteiger partial charge is 0.344 e. The monoisotopic (exact) mass is 542 g/mol. The molecule has 2 aromatic carbocycles. The van der Waals surface area contributed by atoms with E-state index in [2.05, 4.69) is 26.0 Å². The van der Waals surface area contributed by atoms with Crippen molar-refractivity contribution < 1.29 is 9.15 Å². The number of halogens is 1. The van der Waals surface area contributed by atoms with Gasteiger partial charge in [0.1, 0.15) is 11.9 Å². The molecular formula is C26H15BrN4O3S. The SMILES string of the molecule is Cc1ccc(C2c3c(c4ccccc4oc3=O)Oc3ncn4nc(-c5ccccc5Br)nc4c32)s1. The van der Waals surface area contributed by atoms with Gasteiger partial charge in [-0.25, -0.2) is 19.3 Å². The van der Waals surface area contributed by atoms with Gasteiger partial charge in [0.05, 0.1) is 22.4 Å². The van der Waals surface area contributed by atoms with Gasteiger partial charge in [-0.05, 0) is 43.3 Å². The van der Waals surface area contributed by atoms with E-state index in [1.165, 1.54) is 0 Å². The zero-order chi connectivity index (χ0) is 23.7. The van der Waals surface area contributed by atoms with Crippen molar-refractivity contribution in [2.75, 3.05) is 0 Å². The van der Waals surface area contributed by atoms with Crippen LogP contribution in [0.2, 0.25) is 0 Å². The first-order valence-corrected chi connectivity index (χ1v) is 12.5. The molecular weight excluding hydrogens is 528 g/mol. The van der Waals surface area contributed by atoms with E-state index in [4.69, 9.17) is 14.1 Å².